The minimum Gasteiger partial charge on any atom is -0.374 e. The fourth-order valence-electron chi connectivity index (χ4n) is 2.09. The van der Waals surface area contributed by atoms with E-state index in [0.29, 0.717) is 21.2 Å². The molecule has 3 nitrogen and oxygen atoms in total. The average Bonchev–Trinajstić information content (AvgIpc) is 2.72. The second kappa shape index (κ2) is 13.6. The van der Waals surface area contributed by atoms with Gasteiger partial charge in [-0.25, -0.2) is 0 Å². The van der Waals surface area contributed by atoms with Crippen molar-refractivity contribution in [2.75, 3.05) is 18.5 Å². The van der Waals surface area contributed by atoms with E-state index in [0.717, 1.165) is 34.5 Å². The van der Waals surface area contributed by atoms with Crippen molar-refractivity contribution in [3.05, 3.63) is 57.6 Å². The summed E-state index contributed by atoms with van der Waals surface area (Å²) in [5.41, 5.74) is 2.63. The van der Waals surface area contributed by atoms with Crippen molar-refractivity contribution < 1.29 is 9.59 Å². The lowest BCUT2D eigenvalue weighted by Crippen LogP contribution is -2.17. The molecule has 0 heterocycles. The normalized spacial score (nSPS) is 9.33. The van der Waals surface area contributed by atoms with Crippen molar-refractivity contribution in [1.29, 1.82) is 0 Å². The number of hydrogen-bond donors (Lipinski definition) is 0. The summed E-state index contributed by atoms with van der Waals surface area (Å²) in [7, 11) is 1.94. The van der Waals surface area contributed by atoms with Crippen LogP contribution in [0.5, 0.6) is 0 Å². The Labute approximate surface area is 177 Å². The molecule has 0 aromatic heterocycles. The Morgan fingerprint density at radius 3 is 2.07 bits per heavy atom. The van der Waals surface area contributed by atoms with Gasteiger partial charge >= 0.3 is 0 Å². The summed E-state index contributed by atoms with van der Waals surface area (Å²) in [6.07, 6.45) is 0. The molecule has 0 saturated carbocycles. The van der Waals surface area contributed by atoms with E-state index < -0.39 is 0 Å². The number of halogens is 2. The van der Waals surface area contributed by atoms with Gasteiger partial charge in [-0.1, -0.05) is 62.7 Å². The number of benzene rings is 2. The molecule has 0 unspecified atom stereocenters. The molecule has 0 N–H and O–H groups in total. The maximum atomic E-state index is 12.6. The zero-order valence-corrected chi connectivity index (χ0v) is 19.0. The van der Waals surface area contributed by atoms with Crippen LogP contribution in [0.25, 0.3) is 0 Å². The van der Waals surface area contributed by atoms with Gasteiger partial charge in [0.15, 0.2) is 11.4 Å². The molecule has 2 aromatic rings. The van der Waals surface area contributed by atoms with Gasteiger partial charge in [-0.2, -0.15) is 0 Å². The van der Waals surface area contributed by atoms with E-state index in [1.54, 1.807) is 30.3 Å². The van der Waals surface area contributed by atoms with Gasteiger partial charge in [-0.3, -0.25) is 9.59 Å². The average molecular weight is 428 g/mol. The third-order valence-corrected chi connectivity index (χ3v) is 4.88. The van der Waals surface area contributed by atoms with Crippen molar-refractivity contribution in [3.8, 4) is 0 Å². The van der Waals surface area contributed by atoms with E-state index in [1.807, 2.05) is 52.6 Å². The van der Waals surface area contributed by atoms with Crippen LogP contribution < -0.4 is 4.90 Å². The van der Waals surface area contributed by atoms with Gasteiger partial charge in [0.1, 0.15) is 0 Å². The molecule has 0 spiro atoms. The third kappa shape index (κ3) is 7.21. The molecular formula is C21H27Cl2NO2S. The lowest BCUT2D eigenvalue weighted by Gasteiger charge is -2.20. The van der Waals surface area contributed by atoms with Gasteiger partial charge in [0.25, 0.3) is 0 Å². The van der Waals surface area contributed by atoms with Crippen LogP contribution >= 0.6 is 35.0 Å². The van der Waals surface area contributed by atoms with E-state index >= 15 is 0 Å². The van der Waals surface area contributed by atoms with Crippen molar-refractivity contribution in [1.82, 2.24) is 0 Å². The highest BCUT2D eigenvalue weighted by Gasteiger charge is 2.15. The van der Waals surface area contributed by atoms with E-state index in [1.165, 1.54) is 0 Å². The standard InChI is InChI=1S/C17H15Cl2NO2S.2C2H6/c1-3-20(2)15-7-5-12(9-16(15)23-10-21)17(22)11-4-6-13(18)14(19)8-11;2*1-2/h4-10H,3H2,1-2H3;2*1-2H3. The summed E-state index contributed by atoms with van der Waals surface area (Å²) < 4.78 is 0. The Morgan fingerprint density at radius 1 is 1.00 bits per heavy atom. The Hall–Kier alpha value is -1.49. The molecule has 0 atom stereocenters. The number of nitrogens with zero attached hydrogens (tertiary/aromatic N) is 1. The molecule has 6 heteroatoms. The number of thioether (sulfide) groups is 1. The van der Waals surface area contributed by atoms with Gasteiger partial charge < -0.3 is 4.90 Å². The number of hydrogen-bond acceptors (Lipinski definition) is 4. The highest BCUT2D eigenvalue weighted by atomic mass is 35.5. The maximum absolute atomic E-state index is 12.6. The van der Waals surface area contributed by atoms with E-state index in [2.05, 4.69) is 0 Å². The predicted octanol–water partition coefficient (Wildman–Crippen LogP) is 7.02. The third-order valence-electron chi connectivity index (χ3n) is 3.46. The fraction of sp³-hybridized carbons (Fsp3) is 0.333. The first-order valence-electron chi connectivity index (χ1n) is 8.93. The molecule has 0 saturated heterocycles. The van der Waals surface area contributed by atoms with Gasteiger partial charge in [-0.05, 0) is 43.3 Å². The molecule has 2 rings (SSSR count). The number of ketones is 1. The Balaban J connectivity index is 0.00000158. The molecule has 0 radical (unpaired) electrons. The smallest absolute Gasteiger partial charge is 0.193 e. The van der Waals surface area contributed by atoms with E-state index in [4.69, 9.17) is 23.2 Å². The molecule has 0 bridgehead atoms. The van der Waals surface area contributed by atoms with Gasteiger partial charge in [0, 0.05) is 29.6 Å². The van der Waals surface area contributed by atoms with Crippen LogP contribution in [0.3, 0.4) is 0 Å². The minimum atomic E-state index is -0.165. The summed E-state index contributed by atoms with van der Waals surface area (Å²) in [5.74, 6) is -0.165. The number of carbonyl (C=O) groups is 2. The monoisotopic (exact) mass is 427 g/mol. The first-order valence-corrected chi connectivity index (χ1v) is 10.6. The molecule has 0 aliphatic carbocycles. The Bertz CT molecular complexity index is 751. The van der Waals surface area contributed by atoms with E-state index in [-0.39, 0.29) is 5.78 Å². The van der Waals surface area contributed by atoms with Crippen molar-refractivity contribution >= 4 is 52.1 Å². The largest absolute Gasteiger partial charge is 0.374 e. The number of rotatable bonds is 6. The van der Waals surface area contributed by atoms with Crippen LogP contribution in [0.4, 0.5) is 5.69 Å². The van der Waals surface area contributed by atoms with Crippen LogP contribution in [-0.4, -0.2) is 25.0 Å². The zero-order chi connectivity index (χ0) is 21.0. The van der Waals surface area contributed by atoms with Gasteiger partial charge in [0.05, 0.1) is 15.7 Å². The molecule has 27 heavy (non-hydrogen) atoms. The summed E-state index contributed by atoms with van der Waals surface area (Å²) in [6, 6.07) is 10.1. The SMILES string of the molecule is CC.CC.CCN(C)c1ccc(C(=O)c2ccc(Cl)c(Cl)c2)cc1SC=O. The lowest BCUT2D eigenvalue weighted by atomic mass is 10.0. The number of anilines is 1. The molecule has 0 fully saturated rings. The highest BCUT2D eigenvalue weighted by molar-refractivity contribution is 8.12. The minimum absolute atomic E-state index is 0.165. The quantitative estimate of drug-likeness (QED) is 0.282. The molecular weight excluding hydrogens is 401 g/mol. The summed E-state index contributed by atoms with van der Waals surface area (Å²) in [4.78, 5) is 26.3. The first-order chi connectivity index (χ1) is 13.0. The Morgan fingerprint density at radius 2 is 1.56 bits per heavy atom. The number of carbonyl (C=O) groups excluding carboxylic acids is 2. The van der Waals surface area contributed by atoms with Crippen molar-refractivity contribution in [2.24, 2.45) is 0 Å². The van der Waals surface area contributed by atoms with Crippen molar-refractivity contribution in [2.45, 2.75) is 39.5 Å². The lowest BCUT2D eigenvalue weighted by molar-refractivity contribution is 0.103. The predicted molar refractivity (Wildman–Crippen MR) is 121 cm³/mol. The van der Waals surface area contributed by atoms with Crippen molar-refractivity contribution in [3.63, 3.8) is 0 Å². The second-order valence-electron chi connectivity index (χ2n) is 4.87. The summed E-state index contributed by atoms with van der Waals surface area (Å²) >= 11 is 12.9. The zero-order valence-electron chi connectivity index (χ0n) is 16.7. The molecule has 148 valence electrons. The van der Waals surface area contributed by atoms with Crippen LogP contribution in [0.15, 0.2) is 41.3 Å². The summed E-state index contributed by atoms with van der Waals surface area (Å²) in [6.45, 7) is 10.8. The summed E-state index contributed by atoms with van der Waals surface area (Å²) in [5, 5.41) is 0.739. The van der Waals surface area contributed by atoms with E-state index in [9.17, 15) is 9.59 Å². The van der Waals surface area contributed by atoms with Crippen LogP contribution in [-0.2, 0) is 4.79 Å². The maximum Gasteiger partial charge on any atom is 0.193 e. The Kier molecular flexibility index (Phi) is 12.9. The van der Waals surface area contributed by atoms with Crippen LogP contribution in [0, 0.1) is 0 Å². The second-order valence-corrected chi connectivity index (χ2v) is 6.55. The molecule has 0 aliphatic rings. The van der Waals surface area contributed by atoms with Crippen LogP contribution in [0.2, 0.25) is 10.0 Å². The fourth-order valence-corrected chi connectivity index (χ4v) is 3.03. The molecule has 0 aliphatic heterocycles. The van der Waals surface area contributed by atoms with Gasteiger partial charge in [-0.15, -0.1) is 0 Å². The van der Waals surface area contributed by atoms with Crippen LogP contribution in [0.1, 0.15) is 50.5 Å². The molecule has 0 amide bonds. The topological polar surface area (TPSA) is 37.4 Å². The highest BCUT2D eigenvalue weighted by Crippen LogP contribution is 2.31. The first kappa shape index (κ1) is 25.5. The molecule has 2 aromatic carbocycles. The van der Waals surface area contributed by atoms with Gasteiger partial charge in [0.2, 0.25) is 0 Å².